The van der Waals surface area contributed by atoms with Crippen LogP contribution in [-0.2, 0) is 13.6 Å². The molecule has 1 saturated heterocycles. The lowest BCUT2D eigenvalue weighted by atomic mass is 10.0. The first-order valence-corrected chi connectivity index (χ1v) is 8.77. The van der Waals surface area contributed by atoms with Gasteiger partial charge in [-0.3, -0.25) is 9.58 Å². The first-order chi connectivity index (χ1) is 11.6. The number of para-hydroxylation sites is 1. The average molecular weight is 327 g/mol. The first kappa shape index (κ1) is 15.5. The normalized spacial score (nSPS) is 20.5. The Morgan fingerprint density at radius 1 is 1.21 bits per heavy atom. The van der Waals surface area contributed by atoms with Gasteiger partial charge in [-0.15, -0.1) is 0 Å². The van der Waals surface area contributed by atoms with Crippen LogP contribution >= 0.6 is 0 Å². The Morgan fingerprint density at radius 3 is 2.83 bits per heavy atom. The van der Waals surface area contributed by atoms with Crippen molar-refractivity contribution in [3.63, 3.8) is 0 Å². The summed E-state index contributed by atoms with van der Waals surface area (Å²) < 4.78 is 13.6. The summed E-state index contributed by atoms with van der Waals surface area (Å²) in [6.45, 7) is 7.58. The lowest BCUT2D eigenvalue weighted by Crippen LogP contribution is -2.25. The lowest BCUT2D eigenvalue weighted by Gasteiger charge is -2.27. The molecule has 4 rings (SSSR count). The van der Waals surface area contributed by atoms with Gasteiger partial charge in [-0.05, 0) is 39.3 Å². The minimum atomic E-state index is 0.444. The minimum absolute atomic E-state index is 0.444. The van der Waals surface area contributed by atoms with Crippen molar-refractivity contribution in [2.45, 2.75) is 39.3 Å². The summed E-state index contributed by atoms with van der Waals surface area (Å²) in [5, 5.41) is 4.61. The molecule has 5 heteroatoms. The van der Waals surface area contributed by atoms with E-state index in [1.54, 1.807) is 0 Å². The molecule has 3 heterocycles. The van der Waals surface area contributed by atoms with Crippen molar-refractivity contribution in [2.24, 2.45) is 7.05 Å². The Labute approximate surface area is 143 Å². The van der Waals surface area contributed by atoms with Crippen molar-refractivity contribution in [1.82, 2.24) is 14.7 Å². The number of benzene rings is 1. The number of nitrogens with zero attached hydrogens (tertiary/aromatic N) is 3. The molecule has 0 saturated carbocycles. The van der Waals surface area contributed by atoms with Gasteiger partial charge in [-0.2, -0.15) is 5.10 Å². The van der Waals surface area contributed by atoms with Gasteiger partial charge >= 0.3 is 0 Å². The number of aryl methyl sites for hydroxylation is 2. The molecule has 0 radical (unpaired) electrons. The maximum atomic E-state index is 5.89. The van der Waals surface area contributed by atoms with E-state index in [1.807, 2.05) is 17.8 Å². The van der Waals surface area contributed by atoms with E-state index in [-0.39, 0.29) is 0 Å². The van der Waals surface area contributed by atoms with Crippen LogP contribution in [0.1, 0.15) is 41.4 Å². The zero-order chi connectivity index (χ0) is 16.7. The highest BCUT2D eigenvalue weighted by Gasteiger charge is 2.31. The molecular weight excluding hydrogens is 302 g/mol. The molecule has 0 aliphatic carbocycles. The van der Waals surface area contributed by atoms with E-state index >= 15 is 0 Å². The van der Waals surface area contributed by atoms with Crippen molar-refractivity contribution in [3.8, 4) is 11.5 Å². The fraction of sp³-hybridized carbons (Fsp3) is 0.526. The summed E-state index contributed by atoms with van der Waals surface area (Å²) in [6, 6.07) is 6.66. The van der Waals surface area contributed by atoms with Crippen LogP contribution in [0.3, 0.4) is 0 Å². The largest absolute Gasteiger partial charge is 0.486 e. The quantitative estimate of drug-likeness (QED) is 0.868. The molecule has 1 fully saturated rings. The van der Waals surface area contributed by atoms with Crippen molar-refractivity contribution in [1.29, 1.82) is 0 Å². The Hall–Kier alpha value is -2.01. The molecule has 0 spiro atoms. The van der Waals surface area contributed by atoms with Gasteiger partial charge < -0.3 is 9.47 Å². The molecule has 2 aliphatic rings. The predicted molar refractivity (Wildman–Crippen MR) is 92.5 cm³/mol. The summed E-state index contributed by atoms with van der Waals surface area (Å²) >= 11 is 0. The zero-order valence-electron chi connectivity index (χ0n) is 14.7. The Bertz CT molecular complexity index is 753. The average Bonchev–Trinajstić information content (AvgIpc) is 3.12. The van der Waals surface area contributed by atoms with Crippen LogP contribution in [0.4, 0.5) is 0 Å². The van der Waals surface area contributed by atoms with E-state index < -0.39 is 0 Å². The molecule has 5 nitrogen and oxygen atoms in total. The van der Waals surface area contributed by atoms with Gasteiger partial charge in [0.25, 0.3) is 0 Å². The van der Waals surface area contributed by atoms with E-state index in [0.29, 0.717) is 19.3 Å². The molecule has 1 atom stereocenters. The number of fused-ring (bicyclic) bond motifs is 1. The number of hydrogen-bond donors (Lipinski definition) is 0. The Morgan fingerprint density at radius 2 is 2.04 bits per heavy atom. The molecular formula is C19H25N3O2. The van der Waals surface area contributed by atoms with Crippen molar-refractivity contribution in [2.75, 3.05) is 19.8 Å². The second-order valence-corrected chi connectivity index (χ2v) is 6.78. The van der Waals surface area contributed by atoms with Crippen molar-refractivity contribution < 1.29 is 9.47 Å². The second kappa shape index (κ2) is 6.13. The number of hydrogen-bond acceptors (Lipinski definition) is 4. The molecule has 0 bridgehead atoms. The molecule has 0 N–H and O–H groups in total. The van der Waals surface area contributed by atoms with Crippen LogP contribution in [0, 0.1) is 13.8 Å². The molecule has 0 amide bonds. The summed E-state index contributed by atoms with van der Waals surface area (Å²) in [7, 11) is 2.03. The minimum Gasteiger partial charge on any atom is -0.486 e. The zero-order valence-corrected chi connectivity index (χ0v) is 14.7. The molecule has 128 valence electrons. The summed E-state index contributed by atoms with van der Waals surface area (Å²) in [4.78, 5) is 2.56. The second-order valence-electron chi connectivity index (χ2n) is 6.78. The maximum Gasteiger partial charge on any atom is 0.165 e. The van der Waals surface area contributed by atoms with Crippen molar-refractivity contribution >= 4 is 0 Å². The van der Waals surface area contributed by atoms with Gasteiger partial charge in [0, 0.05) is 36.5 Å². The van der Waals surface area contributed by atoms with Gasteiger partial charge in [0.15, 0.2) is 11.5 Å². The van der Waals surface area contributed by atoms with Crippen LogP contribution in [0.15, 0.2) is 18.2 Å². The topological polar surface area (TPSA) is 39.5 Å². The van der Waals surface area contributed by atoms with Gasteiger partial charge in [0.05, 0.1) is 5.69 Å². The van der Waals surface area contributed by atoms with Crippen LogP contribution in [-0.4, -0.2) is 34.4 Å². The molecule has 0 unspecified atom stereocenters. The summed E-state index contributed by atoms with van der Waals surface area (Å²) in [5.41, 5.74) is 5.05. The third kappa shape index (κ3) is 2.57. The monoisotopic (exact) mass is 327 g/mol. The van der Waals surface area contributed by atoms with Gasteiger partial charge in [-0.1, -0.05) is 12.1 Å². The molecule has 2 aromatic rings. The van der Waals surface area contributed by atoms with Crippen LogP contribution < -0.4 is 9.47 Å². The van der Waals surface area contributed by atoms with E-state index in [0.717, 1.165) is 30.3 Å². The van der Waals surface area contributed by atoms with E-state index in [4.69, 9.17) is 9.47 Å². The maximum absolute atomic E-state index is 5.89. The summed E-state index contributed by atoms with van der Waals surface area (Å²) in [5.74, 6) is 1.80. The lowest BCUT2D eigenvalue weighted by molar-refractivity contribution is 0.165. The highest BCUT2D eigenvalue weighted by Crippen LogP contribution is 2.39. The fourth-order valence-electron chi connectivity index (χ4n) is 4.09. The first-order valence-electron chi connectivity index (χ1n) is 8.77. The number of likely N-dealkylation sites (tertiary alicyclic amines) is 1. The van der Waals surface area contributed by atoms with E-state index in [2.05, 4.69) is 36.0 Å². The van der Waals surface area contributed by atoms with Gasteiger partial charge in [0.2, 0.25) is 0 Å². The predicted octanol–water partition coefficient (Wildman–Crippen LogP) is 3.15. The van der Waals surface area contributed by atoms with E-state index in [1.165, 1.54) is 29.7 Å². The smallest absolute Gasteiger partial charge is 0.165 e. The number of rotatable bonds is 3. The Kier molecular flexibility index (Phi) is 3.96. The van der Waals surface area contributed by atoms with Gasteiger partial charge in [0.1, 0.15) is 13.2 Å². The third-order valence-electron chi connectivity index (χ3n) is 5.28. The molecule has 2 aliphatic heterocycles. The van der Waals surface area contributed by atoms with Crippen LogP contribution in [0.2, 0.25) is 0 Å². The molecule has 1 aromatic carbocycles. The standard InChI is InChI=1S/C19H25N3O2/c1-13-18(14(2)21(3)20-13)16-7-5-9-22(16)12-15-6-4-8-17-19(15)24-11-10-23-17/h4,6,8,16H,5,7,9-12H2,1-3H3/t16-/m0/s1. The SMILES string of the molecule is Cc1nn(C)c(C)c1[C@@H]1CCCN1Cc1cccc2c1OCCO2. The van der Waals surface area contributed by atoms with Crippen molar-refractivity contribution in [3.05, 3.63) is 40.7 Å². The molecule has 24 heavy (non-hydrogen) atoms. The van der Waals surface area contributed by atoms with Gasteiger partial charge in [-0.25, -0.2) is 0 Å². The number of aromatic nitrogens is 2. The fourth-order valence-corrected chi connectivity index (χ4v) is 4.09. The third-order valence-corrected chi connectivity index (χ3v) is 5.28. The van der Waals surface area contributed by atoms with E-state index in [9.17, 15) is 0 Å². The molecule has 1 aromatic heterocycles. The highest BCUT2D eigenvalue weighted by atomic mass is 16.6. The highest BCUT2D eigenvalue weighted by molar-refractivity contribution is 5.47. The van der Waals surface area contributed by atoms with Crippen LogP contribution in [0.25, 0.3) is 0 Å². The summed E-state index contributed by atoms with van der Waals surface area (Å²) in [6.07, 6.45) is 2.42. The number of ether oxygens (including phenoxy) is 2. The van der Waals surface area contributed by atoms with Crippen LogP contribution in [0.5, 0.6) is 11.5 Å². The Balaban J connectivity index is 1.63.